The van der Waals surface area contributed by atoms with Crippen molar-refractivity contribution in [3.63, 3.8) is 0 Å². The third-order valence-electron chi connectivity index (χ3n) is 8.00. The van der Waals surface area contributed by atoms with Crippen molar-refractivity contribution in [1.82, 2.24) is 21.3 Å². The van der Waals surface area contributed by atoms with E-state index in [1.54, 1.807) is 13.8 Å². The van der Waals surface area contributed by atoms with Gasteiger partial charge in [-0.25, -0.2) is 0 Å². The summed E-state index contributed by atoms with van der Waals surface area (Å²) in [5, 5.41) is 17.9. The van der Waals surface area contributed by atoms with Gasteiger partial charge < -0.3 is 66.9 Å². The third-order valence-corrected chi connectivity index (χ3v) is 8.00. The van der Waals surface area contributed by atoms with Gasteiger partial charge in [0.25, 0.3) is 11.8 Å². The molecule has 22 heteroatoms. The van der Waals surface area contributed by atoms with Gasteiger partial charge in [-0.05, 0) is 32.2 Å². The number of nitrogens with one attached hydrogen (secondary N) is 4. The van der Waals surface area contributed by atoms with Crippen LogP contribution in [0.1, 0.15) is 52.9 Å². The summed E-state index contributed by atoms with van der Waals surface area (Å²) in [6, 6.07) is -12.4. The van der Waals surface area contributed by atoms with Gasteiger partial charge in [-0.15, -0.1) is 0 Å². The minimum absolute atomic E-state index is 0.0584. The molecule has 294 valence electrons. The summed E-state index contributed by atoms with van der Waals surface area (Å²) in [5.41, 5.74) is 44.8. The van der Waals surface area contributed by atoms with Crippen molar-refractivity contribution in [1.29, 1.82) is 0 Å². The standard InChI is InChI=1S/C30H54N12O10/c1-5-11(2)19(36)26(49)22(41-27(50)12(3)23(46)16(34)10-18(44)45)29(52)42-21(25(48)15(33)9-17(35)43)28(51)40-20(13(4)31)24(47)14(32)7-6-8-39-30(37)38/h11-12,14-16,19-22,30,39H,4-10,31-34,36-38H2,1-3H3,(H2,35,43)(H,40,51)(H,41,50)(H,42,52)(H,44,45)/t11-,12?,14-,15-,16-,19?,20?,21?,22?/m0/s1. The average Bonchev–Trinajstić information content (AvgIpc) is 3.06. The van der Waals surface area contributed by atoms with Crippen LogP contribution in [0, 0.1) is 11.8 Å². The topological polar surface area (TPSA) is 430 Å². The number of carbonyl (C=O) groups is 9. The predicted octanol–water partition coefficient (Wildman–Crippen LogP) is -6.90. The highest BCUT2D eigenvalue weighted by Crippen LogP contribution is 2.12. The lowest BCUT2D eigenvalue weighted by molar-refractivity contribution is -0.144. The second-order valence-corrected chi connectivity index (χ2v) is 12.4. The van der Waals surface area contributed by atoms with Crippen LogP contribution >= 0.6 is 0 Å². The zero-order valence-electron chi connectivity index (χ0n) is 29.5. The number of hydrogen-bond acceptors (Lipinski definition) is 17. The third kappa shape index (κ3) is 15.3. The predicted molar refractivity (Wildman–Crippen MR) is 185 cm³/mol. The quantitative estimate of drug-likeness (QED) is 0.0222. The van der Waals surface area contributed by atoms with Gasteiger partial charge >= 0.3 is 5.97 Å². The fourth-order valence-electron chi connectivity index (χ4n) is 4.54. The molecular formula is C30H54N12O10. The lowest BCUT2D eigenvalue weighted by Crippen LogP contribution is -2.64. The summed E-state index contributed by atoms with van der Waals surface area (Å²) in [5.74, 6) is -13.2. The molecule has 0 aromatic rings. The maximum absolute atomic E-state index is 13.7. The van der Waals surface area contributed by atoms with Crippen molar-refractivity contribution >= 4 is 52.7 Å². The van der Waals surface area contributed by atoms with Crippen LogP contribution in [0.15, 0.2) is 12.3 Å². The number of Topliss-reactive ketones (excluding diaryl/α,β-unsaturated/α-hetero) is 4. The van der Waals surface area contributed by atoms with E-state index in [1.807, 2.05) is 5.32 Å². The molecule has 0 spiro atoms. The number of primary amides is 1. The molecule has 5 unspecified atom stereocenters. The number of nitrogens with two attached hydrogens (primary N) is 8. The zero-order chi connectivity index (χ0) is 40.6. The van der Waals surface area contributed by atoms with Crippen molar-refractivity contribution in [2.45, 2.75) is 101 Å². The second-order valence-electron chi connectivity index (χ2n) is 12.4. The van der Waals surface area contributed by atoms with Gasteiger partial charge in [0.2, 0.25) is 11.8 Å². The van der Waals surface area contributed by atoms with Crippen LogP contribution < -0.4 is 67.1 Å². The van der Waals surface area contributed by atoms with E-state index in [0.29, 0.717) is 12.8 Å². The van der Waals surface area contributed by atoms with E-state index in [4.69, 9.17) is 51.0 Å². The Kier molecular flexibility index (Phi) is 20.3. The summed E-state index contributed by atoms with van der Waals surface area (Å²) >= 11 is 0. The van der Waals surface area contributed by atoms with Gasteiger partial charge in [0, 0.05) is 12.1 Å². The molecule has 0 saturated carbocycles. The average molecular weight is 743 g/mol. The largest absolute Gasteiger partial charge is 0.481 e. The molecule has 0 aromatic heterocycles. The summed E-state index contributed by atoms with van der Waals surface area (Å²) in [7, 11) is 0. The minimum Gasteiger partial charge on any atom is -0.481 e. The van der Waals surface area contributed by atoms with E-state index >= 15 is 0 Å². The molecule has 0 heterocycles. The van der Waals surface area contributed by atoms with E-state index in [-0.39, 0.29) is 13.0 Å². The molecule has 0 aliphatic carbocycles. The maximum atomic E-state index is 13.7. The summed E-state index contributed by atoms with van der Waals surface area (Å²) < 4.78 is 0. The van der Waals surface area contributed by atoms with Crippen LogP contribution in [0.2, 0.25) is 0 Å². The Labute approximate surface area is 300 Å². The van der Waals surface area contributed by atoms with E-state index in [9.17, 15) is 43.2 Å². The minimum atomic E-state index is -2.35. The molecule has 0 rings (SSSR count). The Morgan fingerprint density at radius 1 is 0.654 bits per heavy atom. The number of ketones is 4. The molecule has 52 heavy (non-hydrogen) atoms. The highest BCUT2D eigenvalue weighted by atomic mass is 16.4. The Morgan fingerprint density at radius 2 is 1.12 bits per heavy atom. The first-order chi connectivity index (χ1) is 24.0. The first-order valence-corrected chi connectivity index (χ1v) is 16.2. The molecule has 0 aliphatic heterocycles. The Bertz CT molecular complexity index is 1360. The van der Waals surface area contributed by atoms with Crippen molar-refractivity contribution in [3.8, 4) is 0 Å². The fourth-order valence-corrected chi connectivity index (χ4v) is 4.54. The number of carboxylic acids is 1. The molecule has 4 amide bonds. The summed E-state index contributed by atoms with van der Waals surface area (Å²) in [6.45, 7) is 8.02. The first-order valence-electron chi connectivity index (χ1n) is 16.2. The van der Waals surface area contributed by atoms with Crippen LogP contribution in [0.4, 0.5) is 0 Å². The van der Waals surface area contributed by atoms with E-state index in [1.165, 1.54) is 0 Å². The molecule has 0 bridgehead atoms. The number of hydrogen-bond donors (Lipinski definition) is 13. The molecule has 0 fully saturated rings. The van der Waals surface area contributed by atoms with Crippen LogP contribution in [0.5, 0.6) is 0 Å². The van der Waals surface area contributed by atoms with E-state index in [2.05, 4.69) is 22.5 Å². The van der Waals surface area contributed by atoms with Crippen molar-refractivity contribution < 1.29 is 48.3 Å². The number of amides is 4. The molecule has 22 nitrogen and oxygen atoms in total. The van der Waals surface area contributed by atoms with E-state index in [0.717, 1.165) is 6.92 Å². The summed E-state index contributed by atoms with van der Waals surface area (Å²) in [4.78, 5) is 116. The Balaban J connectivity index is 6.67. The summed E-state index contributed by atoms with van der Waals surface area (Å²) in [6.07, 6.45) is -1.75. The van der Waals surface area contributed by atoms with Crippen LogP contribution in [-0.2, 0) is 43.2 Å². The van der Waals surface area contributed by atoms with Crippen molar-refractivity contribution in [2.75, 3.05) is 6.54 Å². The maximum Gasteiger partial charge on any atom is 0.305 e. The van der Waals surface area contributed by atoms with Gasteiger partial charge in [0.05, 0.1) is 36.5 Å². The van der Waals surface area contributed by atoms with Crippen molar-refractivity contribution in [3.05, 3.63) is 12.3 Å². The molecule has 0 aliphatic rings. The highest BCUT2D eigenvalue weighted by molar-refractivity contribution is 6.16. The Morgan fingerprint density at radius 3 is 1.58 bits per heavy atom. The molecule has 0 radical (unpaired) electrons. The lowest BCUT2D eigenvalue weighted by atomic mass is 9.91. The number of carboxylic acid groups (broad SMARTS) is 1. The lowest BCUT2D eigenvalue weighted by Gasteiger charge is -2.28. The van der Waals surface area contributed by atoms with Gasteiger partial charge in [0.1, 0.15) is 12.3 Å². The first kappa shape index (κ1) is 47.3. The second kappa shape index (κ2) is 22.3. The highest BCUT2D eigenvalue weighted by Gasteiger charge is 2.41. The SMILES string of the molecule is C=C(N)C(NC(=O)C(NC(=O)C(NC(=O)C(C)C(=O)[C@@H](N)CC(=O)O)C(=O)C(N)[C@@H](C)CC)C(=O)[C@@H](N)CC(N)=O)C(=O)[C@@H](N)CCCNC(N)N. The number of carbonyl (C=O) groups excluding carboxylic acids is 8. The van der Waals surface area contributed by atoms with Gasteiger partial charge in [-0.3, -0.25) is 48.5 Å². The van der Waals surface area contributed by atoms with Gasteiger partial charge in [0.15, 0.2) is 35.2 Å². The molecule has 0 aromatic carbocycles. The molecule has 0 saturated heterocycles. The fraction of sp³-hybridized carbons (Fsp3) is 0.633. The molecule has 9 atom stereocenters. The van der Waals surface area contributed by atoms with Crippen LogP contribution in [-0.4, -0.2) is 113 Å². The van der Waals surface area contributed by atoms with Crippen molar-refractivity contribution in [2.24, 2.45) is 57.7 Å². The zero-order valence-corrected chi connectivity index (χ0v) is 29.5. The number of rotatable bonds is 26. The van der Waals surface area contributed by atoms with Gasteiger partial charge in [-0.1, -0.05) is 26.8 Å². The van der Waals surface area contributed by atoms with Gasteiger partial charge in [-0.2, -0.15) is 0 Å². The Hall–Kier alpha value is -4.71. The molecular weight excluding hydrogens is 688 g/mol. The smallest absolute Gasteiger partial charge is 0.305 e. The monoisotopic (exact) mass is 742 g/mol. The normalized spacial score (nSPS) is 16.4. The number of aliphatic carboxylic acids is 1. The molecule has 21 N–H and O–H groups in total. The van der Waals surface area contributed by atoms with Crippen LogP contribution in [0.3, 0.4) is 0 Å². The van der Waals surface area contributed by atoms with E-state index < -0.39 is 132 Å². The van der Waals surface area contributed by atoms with Crippen LogP contribution in [0.25, 0.3) is 0 Å².